The van der Waals surface area contributed by atoms with Crippen LogP contribution in [0.25, 0.3) is 0 Å². The minimum absolute atomic E-state index is 0.0975. The lowest BCUT2D eigenvalue weighted by Crippen LogP contribution is -2.31. The summed E-state index contributed by atoms with van der Waals surface area (Å²) in [7, 11) is 0. The van der Waals surface area contributed by atoms with Gasteiger partial charge in [-0.1, -0.05) is 30.3 Å². The number of carbonyl (C=O) groups excluding carboxylic acids is 1. The largest absolute Gasteiger partial charge is 0.481 e. The zero-order chi connectivity index (χ0) is 15.5. The summed E-state index contributed by atoms with van der Waals surface area (Å²) in [5.74, 6) is -1.95. The average molecular weight is 297 g/mol. The zero-order valence-corrected chi connectivity index (χ0v) is 11.8. The minimum atomic E-state index is -0.891. The van der Waals surface area contributed by atoms with Crippen molar-refractivity contribution >= 4 is 11.9 Å². The topological polar surface area (TPSA) is 83.4 Å². The van der Waals surface area contributed by atoms with Crippen molar-refractivity contribution in [3.63, 3.8) is 0 Å². The molecule has 0 aliphatic carbocycles. The van der Waals surface area contributed by atoms with E-state index in [0.717, 1.165) is 5.56 Å². The summed E-state index contributed by atoms with van der Waals surface area (Å²) in [4.78, 5) is 33.3. The van der Waals surface area contributed by atoms with E-state index in [1.807, 2.05) is 30.3 Å². The van der Waals surface area contributed by atoms with Gasteiger partial charge < -0.3 is 10.0 Å². The van der Waals surface area contributed by atoms with Crippen LogP contribution in [0.1, 0.15) is 22.1 Å². The van der Waals surface area contributed by atoms with Crippen LogP contribution in [-0.2, 0) is 4.79 Å². The van der Waals surface area contributed by atoms with Gasteiger partial charge in [0.15, 0.2) is 0 Å². The Kier molecular flexibility index (Phi) is 3.82. The third-order valence-corrected chi connectivity index (χ3v) is 3.91. The van der Waals surface area contributed by atoms with E-state index in [1.54, 1.807) is 6.07 Å². The Morgan fingerprint density at radius 1 is 1.05 bits per heavy atom. The van der Waals surface area contributed by atoms with Crippen LogP contribution in [0.5, 0.6) is 0 Å². The average Bonchev–Trinajstić information content (AvgIpc) is 3.01. The monoisotopic (exact) mass is 297 g/mol. The lowest BCUT2D eigenvalue weighted by atomic mass is 9.89. The molecule has 1 N–H and O–H groups in total. The van der Waals surface area contributed by atoms with Crippen LogP contribution < -0.4 is 0 Å². The van der Waals surface area contributed by atoms with Gasteiger partial charge in [-0.3, -0.25) is 9.59 Å². The first-order chi connectivity index (χ1) is 10.7. The Morgan fingerprint density at radius 3 is 2.36 bits per heavy atom. The van der Waals surface area contributed by atoms with Crippen molar-refractivity contribution in [3.05, 3.63) is 60.2 Å². The van der Waals surface area contributed by atoms with Gasteiger partial charge in [-0.25, -0.2) is 9.97 Å². The van der Waals surface area contributed by atoms with Crippen LogP contribution in [-0.4, -0.2) is 44.9 Å². The van der Waals surface area contributed by atoms with Crippen molar-refractivity contribution in [2.75, 3.05) is 13.1 Å². The molecule has 1 aliphatic rings. The number of aromatic nitrogens is 2. The molecular weight excluding hydrogens is 282 g/mol. The van der Waals surface area contributed by atoms with Gasteiger partial charge in [0, 0.05) is 31.4 Å². The van der Waals surface area contributed by atoms with Crippen molar-refractivity contribution < 1.29 is 14.7 Å². The van der Waals surface area contributed by atoms with Crippen molar-refractivity contribution in [2.45, 2.75) is 5.92 Å². The number of carboxylic acid groups (broad SMARTS) is 1. The molecule has 1 aromatic carbocycles. The smallest absolute Gasteiger partial charge is 0.308 e. The van der Waals surface area contributed by atoms with Crippen molar-refractivity contribution in [1.82, 2.24) is 14.9 Å². The number of likely N-dealkylation sites (tertiary alicyclic amines) is 1. The number of carboxylic acids is 1. The van der Waals surface area contributed by atoms with Gasteiger partial charge in [-0.05, 0) is 11.6 Å². The molecule has 0 unspecified atom stereocenters. The maximum Gasteiger partial charge on any atom is 0.308 e. The van der Waals surface area contributed by atoms with Gasteiger partial charge in [0.2, 0.25) is 5.82 Å². The van der Waals surface area contributed by atoms with Gasteiger partial charge in [0.25, 0.3) is 5.91 Å². The Morgan fingerprint density at radius 2 is 1.73 bits per heavy atom. The summed E-state index contributed by atoms with van der Waals surface area (Å²) >= 11 is 0. The summed E-state index contributed by atoms with van der Waals surface area (Å²) in [5.41, 5.74) is 0.930. The van der Waals surface area contributed by atoms with Crippen LogP contribution in [0.2, 0.25) is 0 Å². The van der Waals surface area contributed by atoms with E-state index < -0.39 is 11.9 Å². The first kappa shape index (κ1) is 14.2. The maximum absolute atomic E-state index is 12.4. The molecule has 0 spiro atoms. The fourth-order valence-electron chi connectivity index (χ4n) is 2.81. The Labute approximate surface area is 127 Å². The summed E-state index contributed by atoms with van der Waals surface area (Å²) in [6.45, 7) is 0.532. The first-order valence-electron chi connectivity index (χ1n) is 7.01. The van der Waals surface area contributed by atoms with Crippen molar-refractivity contribution in [3.8, 4) is 0 Å². The predicted molar refractivity (Wildman–Crippen MR) is 78.2 cm³/mol. The molecule has 1 amide bonds. The highest BCUT2D eigenvalue weighted by atomic mass is 16.4. The van der Waals surface area contributed by atoms with E-state index in [4.69, 9.17) is 0 Å². The molecule has 0 radical (unpaired) electrons. The number of carbonyl (C=O) groups is 2. The number of hydrogen-bond acceptors (Lipinski definition) is 4. The molecule has 112 valence electrons. The standard InChI is InChI=1S/C16H15N3O3/c20-15(14-17-7-4-8-18-14)19-9-12(13(10-19)16(21)22)11-5-2-1-3-6-11/h1-8,12-13H,9-10H2,(H,21,22)/t12-,13-/m1/s1. The van der Waals surface area contributed by atoms with E-state index >= 15 is 0 Å². The lowest BCUT2D eigenvalue weighted by molar-refractivity contribution is -0.141. The summed E-state index contributed by atoms with van der Waals surface area (Å²) in [6.07, 6.45) is 3.00. The quantitative estimate of drug-likeness (QED) is 0.926. The molecule has 1 aromatic heterocycles. The summed E-state index contributed by atoms with van der Waals surface area (Å²) in [5, 5.41) is 9.45. The second-order valence-corrected chi connectivity index (χ2v) is 5.24. The lowest BCUT2D eigenvalue weighted by Gasteiger charge is -2.15. The SMILES string of the molecule is O=C(O)[C@@H]1CN(C(=O)c2ncccn2)C[C@@H]1c1ccccc1. The third-order valence-electron chi connectivity index (χ3n) is 3.91. The molecule has 1 fully saturated rings. The highest BCUT2D eigenvalue weighted by molar-refractivity contribution is 5.91. The molecule has 2 atom stereocenters. The molecule has 2 heterocycles. The van der Waals surface area contributed by atoms with Gasteiger partial charge in [-0.2, -0.15) is 0 Å². The number of rotatable bonds is 3. The zero-order valence-electron chi connectivity index (χ0n) is 11.8. The second kappa shape index (κ2) is 5.93. The fraction of sp³-hybridized carbons (Fsp3) is 0.250. The van der Waals surface area contributed by atoms with Crippen LogP contribution >= 0.6 is 0 Å². The number of aliphatic carboxylic acids is 1. The van der Waals surface area contributed by atoms with Crippen LogP contribution in [0.4, 0.5) is 0 Å². The van der Waals surface area contributed by atoms with E-state index in [2.05, 4.69) is 9.97 Å². The second-order valence-electron chi connectivity index (χ2n) is 5.24. The third kappa shape index (κ3) is 2.67. The molecule has 0 bridgehead atoms. The molecule has 6 nitrogen and oxygen atoms in total. The van der Waals surface area contributed by atoms with Gasteiger partial charge in [0.05, 0.1) is 5.92 Å². The van der Waals surface area contributed by atoms with Gasteiger partial charge in [-0.15, -0.1) is 0 Å². The normalized spacial score (nSPS) is 20.8. The van der Waals surface area contributed by atoms with Crippen molar-refractivity contribution in [2.24, 2.45) is 5.92 Å². The molecule has 0 saturated carbocycles. The Balaban J connectivity index is 1.85. The number of hydrogen-bond donors (Lipinski definition) is 1. The first-order valence-corrected chi connectivity index (χ1v) is 7.01. The maximum atomic E-state index is 12.4. The highest BCUT2D eigenvalue weighted by Crippen LogP contribution is 2.33. The predicted octanol–water partition coefficient (Wildman–Crippen LogP) is 1.42. The van der Waals surface area contributed by atoms with Crippen LogP contribution in [0.15, 0.2) is 48.8 Å². The van der Waals surface area contributed by atoms with Gasteiger partial charge in [0.1, 0.15) is 0 Å². The molecule has 3 rings (SSSR count). The molecule has 22 heavy (non-hydrogen) atoms. The number of amides is 1. The van der Waals surface area contributed by atoms with Crippen LogP contribution in [0.3, 0.4) is 0 Å². The highest BCUT2D eigenvalue weighted by Gasteiger charge is 2.41. The summed E-state index contributed by atoms with van der Waals surface area (Å²) < 4.78 is 0. The van der Waals surface area contributed by atoms with Crippen LogP contribution in [0, 0.1) is 5.92 Å². The van der Waals surface area contributed by atoms with E-state index in [-0.39, 0.29) is 24.2 Å². The Bertz CT molecular complexity index is 676. The van der Waals surface area contributed by atoms with Gasteiger partial charge >= 0.3 is 5.97 Å². The Hall–Kier alpha value is -2.76. The van der Waals surface area contributed by atoms with E-state index in [9.17, 15) is 14.7 Å². The fourth-order valence-corrected chi connectivity index (χ4v) is 2.81. The molecule has 1 saturated heterocycles. The summed E-state index contributed by atoms with van der Waals surface area (Å²) in [6, 6.07) is 11.1. The molecule has 1 aliphatic heterocycles. The number of nitrogens with zero attached hydrogens (tertiary/aromatic N) is 3. The molecular formula is C16H15N3O3. The number of benzene rings is 1. The van der Waals surface area contributed by atoms with E-state index in [1.165, 1.54) is 17.3 Å². The van der Waals surface area contributed by atoms with Crippen molar-refractivity contribution in [1.29, 1.82) is 0 Å². The molecule has 2 aromatic rings. The van der Waals surface area contributed by atoms with E-state index in [0.29, 0.717) is 6.54 Å². The minimum Gasteiger partial charge on any atom is -0.481 e. The molecule has 6 heteroatoms.